The summed E-state index contributed by atoms with van der Waals surface area (Å²) in [7, 11) is 0. The lowest BCUT2D eigenvalue weighted by Crippen LogP contribution is -2.32. The molecule has 0 bridgehead atoms. The third kappa shape index (κ3) is 2.88. The van der Waals surface area contributed by atoms with E-state index in [1.54, 1.807) is 0 Å². The molecule has 4 N–H and O–H groups in total. The van der Waals surface area contributed by atoms with E-state index in [1.165, 1.54) is 5.56 Å². The van der Waals surface area contributed by atoms with Crippen LogP contribution in [0.4, 0.5) is 5.69 Å². The fourth-order valence-electron chi connectivity index (χ4n) is 1.79. The fraction of sp³-hybridized carbons (Fsp3) is 0.417. The molecular weight excluding hydrogens is 220 g/mol. The van der Waals surface area contributed by atoms with Gasteiger partial charge < -0.3 is 20.9 Å². The summed E-state index contributed by atoms with van der Waals surface area (Å²) < 4.78 is 5.40. The van der Waals surface area contributed by atoms with E-state index in [9.17, 15) is 4.79 Å². The Kier molecular flexibility index (Phi) is 3.49. The first-order chi connectivity index (χ1) is 8.16. The van der Waals surface area contributed by atoms with Crippen LogP contribution in [0.25, 0.3) is 0 Å². The summed E-state index contributed by atoms with van der Waals surface area (Å²) in [6, 6.07) is 5.09. The molecule has 0 saturated heterocycles. The number of nitrogens with two attached hydrogens (primary N) is 1. The molecule has 0 radical (unpaired) electrons. The maximum atomic E-state index is 10.5. The van der Waals surface area contributed by atoms with E-state index in [0.717, 1.165) is 24.5 Å². The number of anilines is 1. The van der Waals surface area contributed by atoms with Crippen molar-refractivity contribution in [3.05, 3.63) is 23.8 Å². The number of carboxylic acids is 1. The Labute approximate surface area is 99.6 Å². The second-order valence-corrected chi connectivity index (χ2v) is 4.08. The van der Waals surface area contributed by atoms with Gasteiger partial charge in [0.1, 0.15) is 11.8 Å². The lowest BCUT2D eigenvalue weighted by molar-refractivity contribution is -0.138. The fourth-order valence-corrected chi connectivity index (χ4v) is 1.79. The van der Waals surface area contributed by atoms with Crippen molar-refractivity contribution >= 4 is 11.7 Å². The first-order valence-electron chi connectivity index (χ1n) is 5.65. The third-order valence-electron chi connectivity index (χ3n) is 2.79. The van der Waals surface area contributed by atoms with Crippen LogP contribution in [-0.2, 0) is 11.2 Å². The van der Waals surface area contributed by atoms with E-state index < -0.39 is 12.0 Å². The van der Waals surface area contributed by atoms with Gasteiger partial charge in [0.05, 0.1) is 6.61 Å². The smallest absolute Gasteiger partial charge is 0.320 e. The zero-order valence-electron chi connectivity index (χ0n) is 9.48. The Morgan fingerprint density at radius 1 is 1.59 bits per heavy atom. The van der Waals surface area contributed by atoms with Crippen molar-refractivity contribution < 1.29 is 14.6 Å². The van der Waals surface area contributed by atoms with E-state index in [0.29, 0.717) is 13.0 Å². The van der Waals surface area contributed by atoms with Gasteiger partial charge in [-0.05, 0) is 30.2 Å². The van der Waals surface area contributed by atoms with Crippen molar-refractivity contribution in [3.8, 4) is 5.75 Å². The molecule has 5 nitrogen and oxygen atoms in total. The van der Waals surface area contributed by atoms with Crippen LogP contribution in [0, 0.1) is 0 Å². The molecule has 1 atom stereocenters. The Balaban J connectivity index is 1.85. The first kappa shape index (κ1) is 11.7. The number of ether oxygens (including phenoxy) is 1. The van der Waals surface area contributed by atoms with Crippen molar-refractivity contribution in [3.63, 3.8) is 0 Å². The predicted molar refractivity (Wildman–Crippen MR) is 64.4 cm³/mol. The molecule has 0 saturated carbocycles. The van der Waals surface area contributed by atoms with Crippen LogP contribution < -0.4 is 15.8 Å². The molecule has 1 aromatic carbocycles. The van der Waals surface area contributed by atoms with Crippen molar-refractivity contribution in [1.82, 2.24) is 0 Å². The topological polar surface area (TPSA) is 84.6 Å². The monoisotopic (exact) mass is 236 g/mol. The highest BCUT2D eigenvalue weighted by Crippen LogP contribution is 2.27. The van der Waals surface area contributed by atoms with Crippen molar-refractivity contribution in [2.45, 2.75) is 18.9 Å². The molecule has 92 valence electrons. The summed E-state index contributed by atoms with van der Waals surface area (Å²) in [6.45, 7) is 1.29. The molecule has 17 heavy (non-hydrogen) atoms. The minimum absolute atomic E-state index is 0.406. The molecule has 0 aliphatic carbocycles. The Morgan fingerprint density at radius 2 is 2.41 bits per heavy atom. The normalized spacial score (nSPS) is 14.9. The van der Waals surface area contributed by atoms with Crippen LogP contribution >= 0.6 is 0 Å². The van der Waals surface area contributed by atoms with E-state index in [2.05, 4.69) is 5.32 Å². The van der Waals surface area contributed by atoms with Gasteiger partial charge in [-0.15, -0.1) is 0 Å². The minimum atomic E-state index is -0.964. The van der Waals surface area contributed by atoms with Crippen molar-refractivity contribution in [1.29, 1.82) is 0 Å². The molecule has 0 amide bonds. The SMILES string of the molecule is NC(CCNc1ccc2c(c1)CCO2)C(=O)O. The van der Waals surface area contributed by atoms with Gasteiger partial charge in [0.15, 0.2) is 0 Å². The zero-order chi connectivity index (χ0) is 12.3. The molecule has 0 aromatic heterocycles. The van der Waals surface area contributed by atoms with Gasteiger partial charge in [0.2, 0.25) is 0 Å². The summed E-state index contributed by atoms with van der Waals surface area (Å²) >= 11 is 0. The molecular formula is C12H16N2O3. The molecule has 0 spiro atoms. The second kappa shape index (κ2) is 5.05. The number of carbonyl (C=O) groups is 1. The van der Waals surface area contributed by atoms with Gasteiger partial charge in [0.25, 0.3) is 0 Å². The molecule has 5 heteroatoms. The maximum Gasteiger partial charge on any atom is 0.320 e. The maximum absolute atomic E-state index is 10.5. The third-order valence-corrected chi connectivity index (χ3v) is 2.79. The summed E-state index contributed by atoms with van der Waals surface area (Å²) in [4.78, 5) is 10.5. The number of nitrogens with one attached hydrogen (secondary N) is 1. The molecule has 1 aliphatic heterocycles. The molecule has 1 heterocycles. The van der Waals surface area contributed by atoms with Gasteiger partial charge in [0, 0.05) is 18.7 Å². The number of rotatable bonds is 5. The Hall–Kier alpha value is -1.75. The van der Waals surface area contributed by atoms with Crippen LogP contribution in [0.15, 0.2) is 18.2 Å². The van der Waals surface area contributed by atoms with Gasteiger partial charge in [-0.25, -0.2) is 0 Å². The van der Waals surface area contributed by atoms with Crippen LogP contribution in [0.1, 0.15) is 12.0 Å². The highest BCUT2D eigenvalue weighted by molar-refractivity contribution is 5.73. The summed E-state index contributed by atoms with van der Waals surface area (Å²) in [5.41, 5.74) is 7.58. The summed E-state index contributed by atoms with van der Waals surface area (Å²) in [6.07, 6.45) is 1.34. The average molecular weight is 236 g/mol. The summed E-state index contributed by atoms with van der Waals surface area (Å²) in [5, 5.41) is 11.8. The van der Waals surface area contributed by atoms with E-state index in [-0.39, 0.29) is 0 Å². The van der Waals surface area contributed by atoms with Crippen molar-refractivity contribution in [2.24, 2.45) is 5.73 Å². The lowest BCUT2D eigenvalue weighted by Gasteiger charge is -2.09. The van der Waals surface area contributed by atoms with Gasteiger partial charge in [-0.2, -0.15) is 0 Å². The van der Waals surface area contributed by atoms with Crippen LogP contribution in [0.3, 0.4) is 0 Å². The van der Waals surface area contributed by atoms with E-state index in [1.807, 2.05) is 18.2 Å². The van der Waals surface area contributed by atoms with E-state index in [4.69, 9.17) is 15.6 Å². The average Bonchev–Trinajstić information content (AvgIpc) is 2.75. The number of carboxylic acid groups (broad SMARTS) is 1. The number of benzene rings is 1. The van der Waals surface area contributed by atoms with Gasteiger partial charge in [-0.3, -0.25) is 4.79 Å². The first-order valence-corrected chi connectivity index (χ1v) is 5.65. The minimum Gasteiger partial charge on any atom is -0.493 e. The molecule has 1 aromatic rings. The van der Waals surface area contributed by atoms with Gasteiger partial charge in [-0.1, -0.05) is 0 Å². The highest BCUT2D eigenvalue weighted by Gasteiger charge is 2.13. The molecule has 1 aliphatic rings. The highest BCUT2D eigenvalue weighted by atomic mass is 16.5. The Morgan fingerprint density at radius 3 is 3.18 bits per heavy atom. The molecule has 1 unspecified atom stereocenters. The second-order valence-electron chi connectivity index (χ2n) is 4.08. The van der Waals surface area contributed by atoms with E-state index >= 15 is 0 Å². The van der Waals surface area contributed by atoms with Crippen LogP contribution in [0.2, 0.25) is 0 Å². The molecule has 2 rings (SSSR count). The number of fused-ring (bicyclic) bond motifs is 1. The lowest BCUT2D eigenvalue weighted by atomic mass is 10.1. The summed E-state index contributed by atoms with van der Waals surface area (Å²) in [5.74, 6) is -0.0214. The zero-order valence-corrected chi connectivity index (χ0v) is 9.48. The largest absolute Gasteiger partial charge is 0.493 e. The van der Waals surface area contributed by atoms with Gasteiger partial charge >= 0.3 is 5.97 Å². The van der Waals surface area contributed by atoms with Crippen LogP contribution in [-0.4, -0.2) is 30.3 Å². The number of aliphatic carboxylic acids is 1. The molecule has 0 fully saturated rings. The number of hydrogen-bond acceptors (Lipinski definition) is 4. The predicted octanol–water partition coefficient (Wildman–Crippen LogP) is 0.835. The standard InChI is InChI=1S/C12H16N2O3/c13-10(12(15)16)3-5-14-9-1-2-11-8(7-9)4-6-17-11/h1-2,7,10,14H,3-6,13H2,(H,15,16). The van der Waals surface area contributed by atoms with Crippen LogP contribution in [0.5, 0.6) is 5.75 Å². The quantitative estimate of drug-likeness (QED) is 0.705. The van der Waals surface area contributed by atoms with Crippen molar-refractivity contribution in [2.75, 3.05) is 18.5 Å². The Bertz CT molecular complexity index is 420. The number of hydrogen-bond donors (Lipinski definition) is 3.